The predicted octanol–water partition coefficient (Wildman–Crippen LogP) is 3.93. The number of hydrogen-bond donors (Lipinski definition) is 0. The highest BCUT2D eigenvalue weighted by Gasteiger charge is 2.53. The Kier molecular flexibility index (Phi) is 4.59. The zero-order valence-corrected chi connectivity index (χ0v) is 14.1. The van der Waals surface area contributed by atoms with Crippen LogP contribution in [0, 0.1) is 11.7 Å². The lowest BCUT2D eigenvalue weighted by Crippen LogP contribution is -2.31. The topological polar surface area (TPSA) is 70.5 Å². The van der Waals surface area contributed by atoms with Crippen LogP contribution in [-0.2, 0) is 16.1 Å². The Hall–Kier alpha value is -1.60. The Morgan fingerprint density at radius 3 is 3.04 bits per heavy atom. The largest absolute Gasteiger partial charge is 0.493 e. The van der Waals surface area contributed by atoms with Gasteiger partial charge in [-0.1, -0.05) is 23.8 Å². The van der Waals surface area contributed by atoms with E-state index in [2.05, 4.69) is 32.5 Å². The summed E-state index contributed by atoms with van der Waals surface area (Å²) in [4.78, 5) is 8.71. The zero-order chi connectivity index (χ0) is 16.6. The molecule has 0 aromatic heterocycles. The fraction of sp³-hybridized carbons (Fsp3) is 0.467. The second kappa shape index (κ2) is 6.49. The van der Waals surface area contributed by atoms with Gasteiger partial charge in [-0.15, -0.1) is 0 Å². The molecule has 0 amide bonds. The number of fused-ring (bicyclic) bond motifs is 1. The number of ether oxygens (including phenoxy) is 1. The van der Waals surface area contributed by atoms with E-state index < -0.39 is 0 Å². The summed E-state index contributed by atoms with van der Waals surface area (Å²) in [6.07, 6.45) is -0.399. The molecule has 1 aromatic rings. The standard InChI is InChI=1S/C15H16BrFN4O2/c1-8-13-12(6-19-20-18)23-21(15(13)9(2)22-8)7-10-4-3-5-11(16)14(10)17/h3-5,8,12-13,15H,2,6-7H2,1H3/t8-,12-,13+,15+/m0/s1. The van der Waals surface area contributed by atoms with Gasteiger partial charge in [0.1, 0.15) is 23.7 Å². The average molecular weight is 383 g/mol. The number of hydroxylamine groups is 2. The number of azide groups is 1. The molecule has 0 saturated carbocycles. The van der Waals surface area contributed by atoms with E-state index in [4.69, 9.17) is 15.1 Å². The molecule has 3 rings (SSSR count). The lowest BCUT2D eigenvalue weighted by atomic mass is 9.92. The van der Waals surface area contributed by atoms with Crippen LogP contribution in [0.25, 0.3) is 10.4 Å². The van der Waals surface area contributed by atoms with Crippen LogP contribution in [0.15, 0.2) is 40.1 Å². The summed E-state index contributed by atoms with van der Waals surface area (Å²) in [7, 11) is 0. The third kappa shape index (κ3) is 2.95. The Balaban J connectivity index is 1.85. The molecule has 8 heteroatoms. The molecule has 0 radical (unpaired) electrons. The zero-order valence-electron chi connectivity index (χ0n) is 12.5. The molecular formula is C15H16BrFN4O2. The summed E-state index contributed by atoms with van der Waals surface area (Å²) >= 11 is 3.19. The first-order valence-corrected chi connectivity index (χ1v) is 8.05. The average Bonchev–Trinajstić information content (AvgIpc) is 3.02. The van der Waals surface area contributed by atoms with Crippen LogP contribution in [0.4, 0.5) is 4.39 Å². The molecule has 0 aliphatic carbocycles. The minimum atomic E-state index is -0.316. The molecule has 4 atom stereocenters. The number of hydrogen-bond acceptors (Lipinski definition) is 4. The third-order valence-corrected chi connectivity index (χ3v) is 4.88. The van der Waals surface area contributed by atoms with E-state index >= 15 is 0 Å². The Morgan fingerprint density at radius 2 is 2.30 bits per heavy atom. The minimum absolute atomic E-state index is 0.00298. The van der Waals surface area contributed by atoms with Gasteiger partial charge < -0.3 is 4.74 Å². The maximum absolute atomic E-state index is 14.2. The van der Waals surface area contributed by atoms with Crippen LogP contribution < -0.4 is 0 Å². The monoisotopic (exact) mass is 382 g/mol. The Morgan fingerprint density at radius 1 is 1.52 bits per heavy atom. The molecule has 122 valence electrons. The van der Waals surface area contributed by atoms with Crippen molar-refractivity contribution in [2.45, 2.75) is 31.7 Å². The molecule has 0 bridgehead atoms. The maximum atomic E-state index is 14.2. The van der Waals surface area contributed by atoms with Gasteiger partial charge >= 0.3 is 0 Å². The summed E-state index contributed by atoms with van der Waals surface area (Å²) in [5, 5.41) is 5.29. The summed E-state index contributed by atoms with van der Waals surface area (Å²) in [5.41, 5.74) is 9.05. The lowest BCUT2D eigenvalue weighted by molar-refractivity contribution is -0.171. The van der Waals surface area contributed by atoms with Crippen LogP contribution in [0.3, 0.4) is 0 Å². The van der Waals surface area contributed by atoms with E-state index in [0.29, 0.717) is 15.8 Å². The van der Waals surface area contributed by atoms with Crippen LogP contribution in [0.5, 0.6) is 0 Å². The minimum Gasteiger partial charge on any atom is -0.493 e. The van der Waals surface area contributed by atoms with Gasteiger partial charge in [-0.2, -0.15) is 5.06 Å². The van der Waals surface area contributed by atoms with Gasteiger partial charge in [-0.05, 0) is 34.5 Å². The Bertz CT molecular complexity index is 679. The molecule has 6 nitrogen and oxygen atoms in total. The first kappa shape index (κ1) is 16.3. The molecule has 2 fully saturated rings. The molecule has 0 N–H and O–H groups in total. The highest BCUT2D eigenvalue weighted by atomic mass is 79.9. The summed E-state index contributed by atoms with van der Waals surface area (Å²) in [6.45, 7) is 6.34. The molecule has 2 aliphatic heterocycles. The quantitative estimate of drug-likeness (QED) is 0.449. The predicted molar refractivity (Wildman–Crippen MR) is 85.5 cm³/mol. The van der Waals surface area contributed by atoms with Crippen molar-refractivity contribution in [1.29, 1.82) is 0 Å². The highest BCUT2D eigenvalue weighted by molar-refractivity contribution is 9.10. The first-order chi connectivity index (χ1) is 11.0. The second-order valence-electron chi connectivity index (χ2n) is 5.66. The number of halogens is 2. The highest BCUT2D eigenvalue weighted by Crippen LogP contribution is 2.42. The van der Waals surface area contributed by atoms with Crippen molar-refractivity contribution < 1.29 is 14.0 Å². The number of nitrogens with zero attached hydrogens (tertiary/aromatic N) is 4. The molecule has 0 spiro atoms. The molecule has 0 unspecified atom stereocenters. The summed E-state index contributed by atoms with van der Waals surface area (Å²) < 4.78 is 20.3. The Labute approximate surface area is 141 Å². The van der Waals surface area contributed by atoms with Gasteiger partial charge in [0.2, 0.25) is 0 Å². The van der Waals surface area contributed by atoms with Crippen molar-refractivity contribution in [2.75, 3.05) is 6.54 Å². The maximum Gasteiger partial charge on any atom is 0.141 e. The van der Waals surface area contributed by atoms with Gasteiger partial charge in [0.05, 0.1) is 23.7 Å². The molecule has 1 aromatic carbocycles. The second-order valence-corrected chi connectivity index (χ2v) is 6.51. The third-order valence-electron chi connectivity index (χ3n) is 4.27. The van der Waals surface area contributed by atoms with Crippen molar-refractivity contribution in [2.24, 2.45) is 11.0 Å². The molecule has 23 heavy (non-hydrogen) atoms. The van der Waals surface area contributed by atoms with E-state index in [0.717, 1.165) is 0 Å². The van der Waals surface area contributed by atoms with Gasteiger partial charge in [-0.25, -0.2) is 4.39 Å². The van der Waals surface area contributed by atoms with E-state index in [1.54, 1.807) is 23.3 Å². The van der Waals surface area contributed by atoms with Crippen molar-refractivity contribution in [3.05, 3.63) is 56.8 Å². The van der Waals surface area contributed by atoms with Crippen LogP contribution >= 0.6 is 15.9 Å². The first-order valence-electron chi connectivity index (χ1n) is 7.25. The van der Waals surface area contributed by atoms with E-state index in [-0.39, 0.29) is 43.1 Å². The van der Waals surface area contributed by atoms with Crippen LogP contribution in [0.2, 0.25) is 0 Å². The summed E-state index contributed by atoms with van der Waals surface area (Å²) in [5.74, 6) is 0.285. The van der Waals surface area contributed by atoms with Gasteiger partial charge in [-0.3, -0.25) is 4.84 Å². The van der Waals surface area contributed by atoms with Gasteiger partial charge in [0.25, 0.3) is 0 Å². The van der Waals surface area contributed by atoms with Crippen LogP contribution in [-0.4, -0.2) is 29.9 Å². The molecule has 2 saturated heterocycles. The van der Waals surface area contributed by atoms with E-state index in [1.807, 2.05) is 6.92 Å². The van der Waals surface area contributed by atoms with Crippen molar-refractivity contribution in [3.63, 3.8) is 0 Å². The lowest BCUT2D eigenvalue weighted by Gasteiger charge is -2.22. The number of benzene rings is 1. The van der Waals surface area contributed by atoms with Crippen molar-refractivity contribution in [1.82, 2.24) is 5.06 Å². The van der Waals surface area contributed by atoms with Gasteiger partial charge in [0.15, 0.2) is 0 Å². The number of rotatable bonds is 4. The fourth-order valence-corrected chi connectivity index (χ4v) is 3.68. The summed E-state index contributed by atoms with van der Waals surface area (Å²) in [6, 6.07) is 4.95. The smallest absolute Gasteiger partial charge is 0.141 e. The van der Waals surface area contributed by atoms with E-state index in [9.17, 15) is 4.39 Å². The molecule has 2 aliphatic rings. The normalized spacial score (nSPS) is 30.0. The van der Waals surface area contributed by atoms with Gasteiger partial charge in [0, 0.05) is 16.4 Å². The van der Waals surface area contributed by atoms with Crippen molar-refractivity contribution >= 4 is 15.9 Å². The molecular weight excluding hydrogens is 367 g/mol. The SMILES string of the molecule is C=C1O[C@@H](C)[C@@H]2[C@H](CN=[N+]=[N-])ON(Cc3cccc(Br)c3F)[C@H]12. The van der Waals surface area contributed by atoms with E-state index in [1.165, 1.54) is 0 Å². The fourth-order valence-electron chi connectivity index (χ4n) is 3.27. The molecule has 2 heterocycles. The van der Waals surface area contributed by atoms with Crippen LogP contribution in [0.1, 0.15) is 12.5 Å². The van der Waals surface area contributed by atoms with Crippen molar-refractivity contribution in [3.8, 4) is 0 Å².